The largest absolute Gasteiger partial charge is 0.444 e. The highest BCUT2D eigenvalue weighted by Crippen LogP contribution is 2.36. The SMILES string of the molecule is CCC1(C(=O)ONC(=O)OCc2ccccc2)CN(C(=O)OC(C)(C)C)C1. The highest BCUT2D eigenvalue weighted by molar-refractivity contribution is 5.83. The molecule has 1 saturated heterocycles. The van der Waals surface area contributed by atoms with Gasteiger partial charge in [-0.15, -0.1) is 5.48 Å². The Kier molecular flexibility index (Phi) is 6.30. The Balaban J connectivity index is 1.77. The summed E-state index contributed by atoms with van der Waals surface area (Å²) in [7, 11) is 0. The van der Waals surface area contributed by atoms with E-state index >= 15 is 0 Å². The summed E-state index contributed by atoms with van der Waals surface area (Å²) in [6.45, 7) is 7.57. The molecule has 0 radical (unpaired) electrons. The molecule has 2 amide bonds. The van der Waals surface area contributed by atoms with Crippen LogP contribution in [0.25, 0.3) is 0 Å². The molecule has 148 valence electrons. The van der Waals surface area contributed by atoms with E-state index < -0.39 is 29.2 Å². The molecule has 1 N–H and O–H groups in total. The lowest BCUT2D eigenvalue weighted by molar-refractivity contribution is -0.173. The molecular formula is C19H26N2O6. The van der Waals surface area contributed by atoms with Crippen LogP contribution in [-0.2, 0) is 25.7 Å². The van der Waals surface area contributed by atoms with Crippen molar-refractivity contribution in [3.63, 3.8) is 0 Å². The van der Waals surface area contributed by atoms with Crippen LogP contribution >= 0.6 is 0 Å². The predicted molar refractivity (Wildman–Crippen MR) is 96.4 cm³/mol. The van der Waals surface area contributed by atoms with Crippen LogP contribution < -0.4 is 5.48 Å². The van der Waals surface area contributed by atoms with Crippen LogP contribution in [0.15, 0.2) is 30.3 Å². The third kappa shape index (κ3) is 5.60. The Morgan fingerprint density at radius 2 is 1.78 bits per heavy atom. The Hall–Kier alpha value is -2.77. The first kappa shape index (κ1) is 20.5. The van der Waals surface area contributed by atoms with Crippen molar-refractivity contribution in [3.05, 3.63) is 35.9 Å². The van der Waals surface area contributed by atoms with Crippen molar-refractivity contribution in [2.24, 2.45) is 5.41 Å². The van der Waals surface area contributed by atoms with Gasteiger partial charge in [0.05, 0.1) is 0 Å². The quantitative estimate of drug-likeness (QED) is 0.639. The maximum Gasteiger partial charge on any atom is 0.441 e. The van der Waals surface area contributed by atoms with Crippen LogP contribution in [0.5, 0.6) is 0 Å². The number of hydrogen-bond acceptors (Lipinski definition) is 6. The van der Waals surface area contributed by atoms with Crippen molar-refractivity contribution in [2.75, 3.05) is 13.1 Å². The number of carbonyl (C=O) groups excluding carboxylic acids is 3. The van der Waals surface area contributed by atoms with E-state index in [0.717, 1.165) is 5.56 Å². The Labute approximate surface area is 158 Å². The molecule has 0 atom stereocenters. The number of nitrogens with one attached hydrogen (secondary N) is 1. The summed E-state index contributed by atoms with van der Waals surface area (Å²) in [4.78, 5) is 42.3. The van der Waals surface area contributed by atoms with E-state index in [-0.39, 0.29) is 19.7 Å². The highest BCUT2D eigenvalue weighted by atomic mass is 16.7. The monoisotopic (exact) mass is 378 g/mol. The summed E-state index contributed by atoms with van der Waals surface area (Å²) < 4.78 is 10.3. The van der Waals surface area contributed by atoms with E-state index in [4.69, 9.17) is 14.3 Å². The van der Waals surface area contributed by atoms with E-state index in [1.165, 1.54) is 4.90 Å². The van der Waals surface area contributed by atoms with Gasteiger partial charge in [0.25, 0.3) is 0 Å². The molecule has 1 aromatic rings. The van der Waals surface area contributed by atoms with Gasteiger partial charge in [0.1, 0.15) is 17.6 Å². The zero-order valence-electron chi connectivity index (χ0n) is 16.1. The van der Waals surface area contributed by atoms with Crippen molar-refractivity contribution in [2.45, 2.75) is 46.3 Å². The minimum Gasteiger partial charge on any atom is -0.444 e. The first-order valence-corrected chi connectivity index (χ1v) is 8.81. The number of rotatable bonds is 4. The molecule has 8 nitrogen and oxygen atoms in total. The number of likely N-dealkylation sites (tertiary alicyclic amines) is 1. The molecule has 2 rings (SSSR count). The molecule has 8 heteroatoms. The smallest absolute Gasteiger partial charge is 0.441 e. The number of hydrogen-bond donors (Lipinski definition) is 1. The minimum atomic E-state index is -0.859. The molecule has 1 fully saturated rings. The second kappa shape index (κ2) is 8.28. The Morgan fingerprint density at radius 3 is 2.33 bits per heavy atom. The summed E-state index contributed by atoms with van der Waals surface area (Å²) in [5, 5.41) is 0. The maximum absolute atomic E-state index is 12.3. The van der Waals surface area contributed by atoms with Crippen molar-refractivity contribution in [3.8, 4) is 0 Å². The average molecular weight is 378 g/mol. The van der Waals surface area contributed by atoms with Crippen molar-refractivity contribution in [1.82, 2.24) is 10.4 Å². The van der Waals surface area contributed by atoms with Crippen LogP contribution in [0.4, 0.5) is 9.59 Å². The number of hydroxylamine groups is 1. The van der Waals surface area contributed by atoms with E-state index in [2.05, 4.69) is 0 Å². The highest BCUT2D eigenvalue weighted by Gasteiger charge is 2.52. The molecule has 27 heavy (non-hydrogen) atoms. The zero-order valence-corrected chi connectivity index (χ0v) is 16.1. The fourth-order valence-electron chi connectivity index (χ4n) is 2.59. The standard InChI is InChI=1S/C19H26N2O6/c1-5-19(12-21(13-19)17(24)26-18(2,3)4)15(22)27-20-16(23)25-11-14-9-7-6-8-10-14/h6-10H,5,11-13H2,1-4H3,(H,20,23). The number of nitrogens with zero attached hydrogens (tertiary/aromatic N) is 1. The van der Waals surface area contributed by atoms with Crippen LogP contribution in [0.3, 0.4) is 0 Å². The second-order valence-electron chi connectivity index (χ2n) is 7.52. The molecule has 1 aliphatic rings. The van der Waals surface area contributed by atoms with Gasteiger partial charge in [-0.25, -0.2) is 14.4 Å². The lowest BCUT2D eigenvalue weighted by atomic mass is 9.78. The number of amides is 2. The van der Waals surface area contributed by atoms with E-state index in [1.807, 2.05) is 42.7 Å². The second-order valence-corrected chi connectivity index (χ2v) is 7.52. The first-order valence-electron chi connectivity index (χ1n) is 8.81. The lowest BCUT2D eigenvalue weighted by Crippen LogP contribution is -2.63. The van der Waals surface area contributed by atoms with Crippen LogP contribution in [0.1, 0.15) is 39.7 Å². The number of ether oxygens (including phenoxy) is 2. The van der Waals surface area contributed by atoms with Crippen molar-refractivity contribution >= 4 is 18.2 Å². The maximum atomic E-state index is 12.3. The normalized spacial score (nSPS) is 15.3. The van der Waals surface area contributed by atoms with Gasteiger partial charge in [0.15, 0.2) is 0 Å². The van der Waals surface area contributed by atoms with Gasteiger partial charge in [-0.2, -0.15) is 0 Å². The van der Waals surface area contributed by atoms with Crippen LogP contribution in [-0.4, -0.2) is 41.7 Å². The van der Waals surface area contributed by atoms with Crippen LogP contribution in [0.2, 0.25) is 0 Å². The summed E-state index contributed by atoms with van der Waals surface area (Å²) >= 11 is 0. The molecule has 0 bridgehead atoms. The molecule has 0 spiro atoms. The molecule has 0 aliphatic carbocycles. The molecule has 1 heterocycles. The number of benzene rings is 1. The molecule has 0 unspecified atom stereocenters. The number of carbonyl (C=O) groups is 3. The summed E-state index contributed by atoms with van der Waals surface area (Å²) in [6, 6.07) is 9.13. The van der Waals surface area contributed by atoms with Gasteiger partial charge >= 0.3 is 18.2 Å². The van der Waals surface area contributed by atoms with Gasteiger partial charge in [0, 0.05) is 13.1 Å². The zero-order chi connectivity index (χ0) is 20.1. The summed E-state index contributed by atoms with van der Waals surface area (Å²) in [5.74, 6) is -0.610. The molecule has 0 aromatic heterocycles. The molecule has 1 aromatic carbocycles. The fraction of sp³-hybridized carbons (Fsp3) is 0.526. The van der Waals surface area contributed by atoms with E-state index in [1.54, 1.807) is 20.8 Å². The third-order valence-electron chi connectivity index (χ3n) is 4.19. The van der Waals surface area contributed by atoms with Crippen LogP contribution in [0, 0.1) is 5.41 Å². The van der Waals surface area contributed by atoms with Crippen molar-refractivity contribution in [1.29, 1.82) is 0 Å². The van der Waals surface area contributed by atoms with Crippen molar-refractivity contribution < 1.29 is 28.7 Å². The molecule has 1 aliphatic heterocycles. The lowest BCUT2D eigenvalue weighted by Gasteiger charge is -2.47. The van der Waals surface area contributed by atoms with Gasteiger partial charge in [0.2, 0.25) is 0 Å². The van der Waals surface area contributed by atoms with E-state index in [0.29, 0.717) is 6.42 Å². The molecular weight excluding hydrogens is 352 g/mol. The molecule has 0 saturated carbocycles. The van der Waals surface area contributed by atoms with Gasteiger partial charge in [-0.1, -0.05) is 37.3 Å². The minimum absolute atomic E-state index is 0.0650. The van der Waals surface area contributed by atoms with Gasteiger partial charge in [-0.3, -0.25) is 0 Å². The van der Waals surface area contributed by atoms with Gasteiger partial charge < -0.3 is 19.2 Å². The topological polar surface area (TPSA) is 94.2 Å². The third-order valence-corrected chi connectivity index (χ3v) is 4.19. The van der Waals surface area contributed by atoms with E-state index in [9.17, 15) is 14.4 Å². The Morgan fingerprint density at radius 1 is 1.15 bits per heavy atom. The van der Waals surface area contributed by atoms with Gasteiger partial charge in [-0.05, 0) is 32.8 Å². The summed E-state index contributed by atoms with van der Waals surface area (Å²) in [5.41, 5.74) is 1.35. The average Bonchev–Trinajstić information content (AvgIpc) is 2.57. The predicted octanol–water partition coefficient (Wildman–Crippen LogP) is 3.02. The Bertz CT molecular complexity index is 677. The first-order chi connectivity index (χ1) is 12.6. The summed E-state index contributed by atoms with van der Waals surface area (Å²) in [6.07, 6.45) is -0.873. The fourth-order valence-corrected chi connectivity index (χ4v) is 2.59.